The topological polar surface area (TPSA) is 58.6 Å². The summed E-state index contributed by atoms with van der Waals surface area (Å²) in [5, 5.41) is 3.57. The highest BCUT2D eigenvalue weighted by Gasteiger charge is 2.31. The molecule has 0 radical (unpaired) electrons. The van der Waals surface area contributed by atoms with E-state index in [4.69, 9.17) is 16.3 Å². The number of hydrogen-bond donors (Lipinski definition) is 1. The number of ether oxygens (including phenoxy) is 1. The van der Waals surface area contributed by atoms with Gasteiger partial charge in [0.25, 0.3) is 5.91 Å². The number of amides is 2. The van der Waals surface area contributed by atoms with Crippen LogP contribution in [0, 0.1) is 19.8 Å². The van der Waals surface area contributed by atoms with Gasteiger partial charge in [0.1, 0.15) is 11.8 Å². The lowest BCUT2D eigenvalue weighted by molar-refractivity contribution is -0.142. The Bertz CT molecular complexity index is 1160. The number of halogens is 1. The molecule has 36 heavy (non-hydrogen) atoms. The third kappa shape index (κ3) is 7.85. The molecular weight excluding hydrogens is 472 g/mol. The molecule has 2 amide bonds. The third-order valence-electron chi connectivity index (χ3n) is 5.94. The number of nitrogens with zero attached hydrogens (tertiary/aromatic N) is 1. The fourth-order valence-corrected chi connectivity index (χ4v) is 4.17. The minimum atomic E-state index is -0.724. The summed E-state index contributed by atoms with van der Waals surface area (Å²) >= 11 is 6.46. The van der Waals surface area contributed by atoms with E-state index in [1.54, 1.807) is 11.0 Å². The Hall–Kier alpha value is -3.31. The molecule has 1 atom stereocenters. The molecule has 3 aromatic rings. The Morgan fingerprint density at radius 3 is 2.33 bits per heavy atom. The minimum Gasteiger partial charge on any atom is -0.483 e. The number of rotatable bonds is 11. The van der Waals surface area contributed by atoms with E-state index >= 15 is 0 Å². The molecule has 0 saturated heterocycles. The molecule has 0 aliphatic carbocycles. The Morgan fingerprint density at radius 2 is 1.67 bits per heavy atom. The molecule has 0 heterocycles. The predicted molar refractivity (Wildman–Crippen MR) is 145 cm³/mol. The smallest absolute Gasteiger partial charge is 0.261 e. The second-order valence-electron chi connectivity index (χ2n) is 9.52. The van der Waals surface area contributed by atoms with E-state index < -0.39 is 6.04 Å². The van der Waals surface area contributed by atoms with Gasteiger partial charge in [-0.15, -0.1) is 0 Å². The van der Waals surface area contributed by atoms with Crippen LogP contribution in [0.5, 0.6) is 5.75 Å². The van der Waals surface area contributed by atoms with Crippen LogP contribution in [0.2, 0.25) is 5.02 Å². The van der Waals surface area contributed by atoms with E-state index in [-0.39, 0.29) is 30.9 Å². The maximum Gasteiger partial charge on any atom is 0.261 e. The third-order valence-corrected chi connectivity index (χ3v) is 6.30. The molecule has 0 spiro atoms. The number of hydrogen-bond acceptors (Lipinski definition) is 3. The summed E-state index contributed by atoms with van der Waals surface area (Å²) in [7, 11) is 0. The highest BCUT2D eigenvalue weighted by atomic mass is 35.5. The molecule has 0 aromatic heterocycles. The number of carbonyl (C=O) groups excluding carboxylic acids is 2. The average Bonchev–Trinajstić information content (AvgIpc) is 2.85. The van der Waals surface area contributed by atoms with Gasteiger partial charge in [-0.2, -0.15) is 0 Å². The molecule has 5 nitrogen and oxygen atoms in total. The first-order valence-corrected chi connectivity index (χ1v) is 12.7. The molecular formula is C30H35ClN2O3. The van der Waals surface area contributed by atoms with Gasteiger partial charge in [0, 0.05) is 24.5 Å². The van der Waals surface area contributed by atoms with Gasteiger partial charge in [-0.1, -0.05) is 91.7 Å². The van der Waals surface area contributed by atoms with Crippen LogP contribution in [0.15, 0.2) is 72.8 Å². The minimum absolute atomic E-state index is 0.183. The van der Waals surface area contributed by atoms with E-state index in [1.165, 1.54) is 0 Å². The van der Waals surface area contributed by atoms with Gasteiger partial charge in [-0.3, -0.25) is 9.59 Å². The Balaban J connectivity index is 1.92. The van der Waals surface area contributed by atoms with Crippen molar-refractivity contribution in [2.45, 2.75) is 46.7 Å². The van der Waals surface area contributed by atoms with Crippen LogP contribution >= 0.6 is 11.6 Å². The number of aryl methyl sites for hydroxylation is 2. The van der Waals surface area contributed by atoms with Crippen molar-refractivity contribution in [3.05, 3.63) is 100 Å². The lowest BCUT2D eigenvalue weighted by atomic mass is 10.0. The summed E-state index contributed by atoms with van der Waals surface area (Å²) in [5.74, 6) is 0.456. The van der Waals surface area contributed by atoms with Crippen molar-refractivity contribution in [1.29, 1.82) is 0 Å². The fourth-order valence-electron chi connectivity index (χ4n) is 3.97. The second kappa shape index (κ2) is 13.1. The van der Waals surface area contributed by atoms with E-state index in [0.29, 0.717) is 23.7 Å². The van der Waals surface area contributed by atoms with Crippen molar-refractivity contribution in [1.82, 2.24) is 10.2 Å². The van der Waals surface area contributed by atoms with Crippen molar-refractivity contribution in [2.24, 2.45) is 5.92 Å². The number of carbonyl (C=O) groups is 2. The van der Waals surface area contributed by atoms with Gasteiger partial charge in [-0.05, 0) is 48.6 Å². The first-order valence-electron chi connectivity index (χ1n) is 12.3. The predicted octanol–water partition coefficient (Wildman–Crippen LogP) is 5.75. The zero-order chi connectivity index (χ0) is 26.1. The molecule has 1 unspecified atom stereocenters. The molecule has 6 heteroatoms. The maximum atomic E-state index is 13.7. The normalized spacial score (nSPS) is 11.7. The first-order chi connectivity index (χ1) is 17.2. The molecule has 3 rings (SSSR count). The SMILES string of the molecule is Cc1ccc(OCC(=O)N(Cc2ccccc2Cl)C(Cc2ccccc2)C(=O)NCC(C)C)c(C)c1. The van der Waals surface area contributed by atoms with Gasteiger partial charge in [0.2, 0.25) is 5.91 Å². The molecule has 1 N–H and O–H groups in total. The molecule has 190 valence electrons. The van der Waals surface area contributed by atoms with Gasteiger partial charge >= 0.3 is 0 Å². The van der Waals surface area contributed by atoms with Crippen molar-refractivity contribution >= 4 is 23.4 Å². The van der Waals surface area contributed by atoms with Gasteiger partial charge in [-0.25, -0.2) is 0 Å². The lowest BCUT2D eigenvalue weighted by Crippen LogP contribution is -2.52. The van der Waals surface area contributed by atoms with Crippen molar-refractivity contribution in [2.75, 3.05) is 13.2 Å². The largest absolute Gasteiger partial charge is 0.483 e. The quantitative estimate of drug-likeness (QED) is 0.360. The summed E-state index contributed by atoms with van der Waals surface area (Å²) in [6, 6.07) is 22.2. The van der Waals surface area contributed by atoms with E-state index in [2.05, 4.69) is 5.32 Å². The molecule has 3 aromatic carbocycles. The fraction of sp³-hybridized carbons (Fsp3) is 0.333. The zero-order valence-corrected chi connectivity index (χ0v) is 22.2. The van der Waals surface area contributed by atoms with Crippen LogP contribution in [-0.4, -0.2) is 35.9 Å². The van der Waals surface area contributed by atoms with Crippen molar-refractivity contribution in [3.63, 3.8) is 0 Å². The van der Waals surface area contributed by atoms with Gasteiger partial charge in [0.05, 0.1) is 0 Å². The van der Waals surface area contributed by atoms with E-state index in [1.807, 2.05) is 94.4 Å². The standard InChI is InChI=1S/C30H35ClN2O3/c1-21(2)18-32-30(35)27(17-24-10-6-5-7-11-24)33(19-25-12-8-9-13-26(25)31)29(34)20-36-28-15-14-22(3)16-23(28)4/h5-16,21,27H,17-20H2,1-4H3,(H,32,35). The zero-order valence-electron chi connectivity index (χ0n) is 21.5. The van der Waals surface area contributed by atoms with Gasteiger partial charge in [0.15, 0.2) is 6.61 Å². The number of benzene rings is 3. The highest BCUT2D eigenvalue weighted by molar-refractivity contribution is 6.31. The van der Waals surface area contributed by atoms with Crippen LogP contribution in [0.4, 0.5) is 0 Å². The monoisotopic (exact) mass is 506 g/mol. The summed E-state index contributed by atoms with van der Waals surface area (Å²) in [4.78, 5) is 28.7. The average molecular weight is 507 g/mol. The second-order valence-corrected chi connectivity index (χ2v) is 9.92. The van der Waals surface area contributed by atoms with Crippen LogP contribution < -0.4 is 10.1 Å². The summed E-state index contributed by atoms with van der Waals surface area (Å²) in [6.45, 7) is 8.58. The maximum absolute atomic E-state index is 13.7. The molecule has 0 fully saturated rings. The molecule has 0 bridgehead atoms. The van der Waals surface area contributed by atoms with Crippen LogP contribution in [-0.2, 0) is 22.6 Å². The Morgan fingerprint density at radius 1 is 0.972 bits per heavy atom. The van der Waals surface area contributed by atoms with Crippen molar-refractivity contribution < 1.29 is 14.3 Å². The summed E-state index contributed by atoms with van der Waals surface area (Å²) in [6.07, 6.45) is 0.379. The summed E-state index contributed by atoms with van der Waals surface area (Å²) in [5.41, 5.74) is 3.82. The molecule has 0 saturated carbocycles. The van der Waals surface area contributed by atoms with Gasteiger partial charge < -0.3 is 15.0 Å². The first kappa shape index (κ1) is 27.3. The molecule has 0 aliphatic rings. The summed E-state index contributed by atoms with van der Waals surface area (Å²) < 4.78 is 5.92. The number of nitrogens with one attached hydrogen (secondary N) is 1. The Labute approximate surface area is 219 Å². The molecule has 0 aliphatic heterocycles. The van der Waals surface area contributed by atoms with Crippen LogP contribution in [0.25, 0.3) is 0 Å². The van der Waals surface area contributed by atoms with Crippen LogP contribution in [0.3, 0.4) is 0 Å². The van der Waals surface area contributed by atoms with Crippen LogP contribution in [0.1, 0.15) is 36.1 Å². The van der Waals surface area contributed by atoms with Crippen molar-refractivity contribution in [3.8, 4) is 5.75 Å². The van der Waals surface area contributed by atoms with E-state index in [9.17, 15) is 9.59 Å². The lowest BCUT2D eigenvalue weighted by Gasteiger charge is -2.32. The highest BCUT2D eigenvalue weighted by Crippen LogP contribution is 2.22. The van der Waals surface area contributed by atoms with E-state index in [0.717, 1.165) is 22.3 Å². The Kier molecular flexibility index (Phi) is 9.95.